The highest BCUT2D eigenvalue weighted by Gasteiger charge is 2.06. The minimum absolute atomic E-state index is 0. The number of nitrogens with zero attached hydrogens (tertiary/aromatic N) is 1. The van der Waals surface area contributed by atoms with Crippen LogP contribution < -0.4 is 17.0 Å². The van der Waals surface area contributed by atoms with Gasteiger partial charge in [-0.2, -0.15) is 0 Å². The van der Waals surface area contributed by atoms with Crippen molar-refractivity contribution < 1.29 is 26.2 Å². The summed E-state index contributed by atoms with van der Waals surface area (Å²) in [7, 11) is 6.38. The van der Waals surface area contributed by atoms with E-state index in [4.69, 9.17) is 17.0 Å². The predicted molar refractivity (Wildman–Crippen MR) is 55.2 cm³/mol. The number of alkyl halides is 1. The number of rotatable bonds is 4. The molecule has 0 aromatic rings. The van der Waals surface area contributed by atoms with E-state index in [0.29, 0.717) is 17.0 Å². The molecule has 0 N–H and O–H groups in total. The Morgan fingerprint density at radius 1 is 1.42 bits per heavy atom. The number of hydrogen-bond donors (Lipinski definition) is 0. The van der Waals surface area contributed by atoms with Crippen LogP contribution in [0.15, 0.2) is 0 Å². The summed E-state index contributed by atoms with van der Waals surface area (Å²) in [5.41, 5.74) is 0. The van der Waals surface area contributed by atoms with Gasteiger partial charge in [-0.25, -0.2) is 0 Å². The lowest BCUT2D eigenvalue weighted by molar-refractivity contribution is -0.870. The second-order valence-corrected chi connectivity index (χ2v) is 4.38. The summed E-state index contributed by atoms with van der Waals surface area (Å²) in [5.74, 6) is 0. The van der Waals surface area contributed by atoms with Crippen molar-refractivity contribution in [3.05, 3.63) is 0 Å². The van der Waals surface area contributed by atoms with Crippen LogP contribution in [-0.2, 0) is 4.74 Å². The average molecular weight is 321 g/mol. The molecule has 12 heavy (non-hydrogen) atoms. The number of quaternary nitrogens is 1. The molecule has 0 radical (unpaired) electrons. The molecule has 0 heterocycles. The van der Waals surface area contributed by atoms with Gasteiger partial charge in [-0.1, -0.05) is 15.9 Å². The van der Waals surface area contributed by atoms with Crippen LogP contribution in [0.5, 0.6) is 0 Å². The summed E-state index contributed by atoms with van der Waals surface area (Å²) in [5, 5.41) is 1.29. The van der Waals surface area contributed by atoms with Gasteiger partial charge in [0.15, 0.2) is 5.05 Å². The molecule has 0 aliphatic rings. The van der Waals surface area contributed by atoms with Crippen LogP contribution in [0.4, 0.5) is 0 Å². The van der Waals surface area contributed by atoms with Gasteiger partial charge in [0.1, 0.15) is 13.2 Å². The van der Waals surface area contributed by atoms with Crippen molar-refractivity contribution in [3.8, 4) is 0 Å². The van der Waals surface area contributed by atoms with Crippen molar-refractivity contribution in [2.75, 3.05) is 39.6 Å². The number of ether oxygens (including phenoxy) is 1. The third-order valence-electron chi connectivity index (χ3n) is 1.13. The van der Waals surface area contributed by atoms with E-state index < -0.39 is 0 Å². The van der Waals surface area contributed by atoms with Gasteiger partial charge in [-0.05, 0) is 12.2 Å². The standard InChI is InChI=1S/C7H15BrNOS.BrH/c1-9(2,3)4-5-10-7(11)6-8;/h4-6H2,1-3H3;1H/q+1;/p-1. The van der Waals surface area contributed by atoms with Crippen LogP contribution in [0, 0.1) is 0 Å². The normalized spacial score (nSPS) is 10.3. The Labute approximate surface area is 98.8 Å². The maximum Gasteiger partial charge on any atom is 0.170 e. The summed E-state index contributed by atoms with van der Waals surface area (Å²) in [4.78, 5) is 0. The van der Waals surface area contributed by atoms with Gasteiger partial charge < -0.3 is 26.2 Å². The zero-order valence-electron chi connectivity index (χ0n) is 7.64. The molecule has 0 amide bonds. The van der Waals surface area contributed by atoms with Gasteiger partial charge >= 0.3 is 0 Å². The number of halogens is 2. The molecule has 0 spiro atoms. The molecule has 2 nitrogen and oxygen atoms in total. The quantitative estimate of drug-likeness (QED) is 0.352. The van der Waals surface area contributed by atoms with E-state index in [1.54, 1.807) is 0 Å². The molecule has 0 aliphatic carbocycles. The highest BCUT2D eigenvalue weighted by atomic mass is 79.9. The maximum atomic E-state index is 5.24. The zero-order valence-corrected chi connectivity index (χ0v) is 11.6. The number of thiocarbonyl (C=S) groups is 1. The summed E-state index contributed by atoms with van der Waals surface area (Å²) in [6, 6.07) is 0. The van der Waals surface area contributed by atoms with Crippen LogP contribution in [0.1, 0.15) is 0 Å². The molecule has 0 atom stereocenters. The van der Waals surface area contributed by atoms with Crippen molar-refractivity contribution in [1.82, 2.24) is 0 Å². The monoisotopic (exact) mass is 319 g/mol. The molecule has 0 unspecified atom stereocenters. The fourth-order valence-corrected chi connectivity index (χ4v) is 0.717. The van der Waals surface area contributed by atoms with Crippen LogP contribution in [0.25, 0.3) is 0 Å². The first-order valence-corrected chi connectivity index (χ1v) is 5.01. The molecule has 0 rings (SSSR count). The van der Waals surface area contributed by atoms with Gasteiger partial charge in [0.2, 0.25) is 0 Å². The Morgan fingerprint density at radius 3 is 2.25 bits per heavy atom. The molecule has 5 heteroatoms. The molecular weight excluding hydrogens is 306 g/mol. The van der Waals surface area contributed by atoms with Crippen molar-refractivity contribution in [1.29, 1.82) is 0 Å². The van der Waals surface area contributed by atoms with Crippen molar-refractivity contribution in [3.63, 3.8) is 0 Å². The van der Waals surface area contributed by atoms with Crippen LogP contribution in [-0.4, -0.2) is 49.2 Å². The minimum atomic E-state index is 0. The first-order chi connectivity index (χ1) is 4.95. The smallest absolute Gasteiger partial charge is 0.170 e. The van der Waals surface area contributed by atoms with Crippen LogP contribution >= 0.6 is 28.1 Å². The molecule has 0 fully saturated rings. The van der Waals surface area contributed by atoms with E-state index in [9.17, 15) is 0 Å². The molecule has 0 bridgehead atoms. The van der Waals surface area contributed by atoms with Gasteiger partial charge in [0.25, 0.3) is 0 Å². The molecule has 0 aromatic carbocycles. The summed E-state index contributed by atoms with van der Waals surface area (Å²) in [6.45, 7) is 1.68. The number of likely N-dealkylation sites (N-methyl/N-ethyl adjacent to an activating group) is 1. The lowest BCUT2D eigenvalue weighted by Crippen LogP contribution is -3.00. The maximum absolute atomic E-state index is 5.24. The highest BCUT2D eigenvalue weighted by Crippen LogP contribution is 1.93. The third-order valence-corrected chi connectivity index (χ3v) is 2.28. The molecule has 0 saturated carbocycles. The van der Waals surface area contributed by atoms with Crippen LogP contribution in [0.3, 0.4) is 0 Å². The fraction of sp³-hybridized carbons (Fsp3) is 0.857. The summed E-state index contributed by atoms with van der Waals surface area (Å²) >= 11 is 8.09. The molecule has 74 valence electrons. The Kier molecular flexibility index (Phi) is 9.22. The molecule has 0 saturated heterocycles. The Balaban J connectivity index is 0. The summed E-state index contributed by atoms with van der Waals surface area (Å²) in [6.07, 6.45) is 0. The van der Waals surface area contributed by atoms with Gasteiger partial charge in [0.05, 0.1) is 26.5 Å². The summed E-state index contributed by atoms with van der Waals surface area (Å²) < 4.78 is 6.14. The van der Waals surface area contributed by atoms with E-state index in [1.807, 2.05) is 0 Å². The van der Waals surface area contributed by atoms with Gasteiger partial charge in [-0.3, -0.25) is 0 Å². The molecule has 0 aliphatic heterocycles. The van der Waals surface area contributed by atoms with Crippen LogP contribution in [0.2, 0.25) is 0 Å². The van der Waals surface area contributed by atoms with Crippen molar-refractivity contribution in [2.45, 2.75) is 0 Å². The largest absolute Gasteiger partial charge is 1.00 e. The first kappa shape index (κ1) is 15.3. The second kappa shape index (κ2) is 7.24. The van der Waals surface area contributed by atoms with E-state index in [0.717, 1.165) is 11.0 Å². The molecule has 0 aromatic heterocycles. The number of hydrogen-bond acceptors (Lipinski definition) is 2. The van der Waals surface area contributed by atoms with Gasteiger partial charge in [-0.15, -0.1) is 0 Å². The predicted octanol–water partition coefficient (Wildman–Crippen LogP) is -1.56. The minimum Gasteiger partial charge on any atom is -1.00 e. The second-order valence-electron chi connectivity index (χ2n) is 3.37. The van der Waals surface area contributed by atoms with E-state index >= 15 is 0 Å². The Hall–Kier alpha value is 0.810. The zero-order chi connectivity index (χ0) is 8.91. The first-order valence-electron chi connectivity index (χ1n) is 3.48. The average Bonchev–Trinajstić information content (AvgIpc) is 1.85. The van der Waals surface area contributed by atoms with Crippen molar-refractivity contribution >= 4 is 33.2 Å². The lowest BCUT2D eigenvalue weighted by atomic mass is 10.5. The van der Waals surface area contributed by atoms with E-state index in [1.165, 1.54) is 0 Å². The SMILES string of the molecule is C[N+](C)(C)CCOC(=S)CBr.[Br-]. The van der Waals surface area contributed by atoms with E-state index in [2.05, 4.69) is 37.1 Å². The van der Waals surface area contributed by atoms with Crippen molar-refractivity contribution in [2.24, 2.45) is 0 Å². The fourth-order valence-electron chi connectivity index (χ4n) is 0.472. The Bertz CT molecular complexity index is 136. The van der Waals surface area contributed by atoms with E-state index in [-0.39, 0.29) is 17.0 Å². The Morgan fingerprint density at radius 2 is 1.92 bits per heavy atom. The molecular formula is C7H15Br2NOS. The third kappa shape index (κ3) is 10.8. The topological polar surface area (TPSA) is 9.23 Å². The van der Waals surface area contributed by atoms with Gasteiger partial charge in [0, 0.05) is 0 Å². The highest BCUT2D eigenvalue weighted by molar-refractivity contribution is 9.09. The lowest BCUT2D eigenvalue weighted by Gasteiger charge is -2.23.